The van der Waals surface area contributed by atoms with Crippen LogP contribution >= 0.6 is 0 Å². The lowest BCUT2D eigenvalue weighted by atomic mass is 10.1. The molecule has 0 bridgehead atoms. The summed E-state index contributed by atoms with van der Waals surface area (Å²) < 4.78 is 27.8. The molecule has 0 spiro atoms. The van der Waals surface area contributed by atoms with Crippen molar-refractivity contribution in [2.24, 2.45) is 0 Å². The fourth-order valence-electron chi connectivity index (χ4n) is 4.81. The lowest BCUT2D eigenvalue weighted by Gasteiger charge is -2.30. The molecule has 8 heteroatoms. The highest BCUT2D eigenvalue weighted by molar-refractivity contribution is 7.93. The maximum atomic E-state index is 13.4. The molecule has 7 nitrogen and oxygen atoms in total. The van der Waals surface area contributed by atoms with Gasteiger partial charge in [-0.1, -0.05) is 61.0 Å². The number of hydrogen-bond donors (Lipinski definition) is 1. The minimum atomic E-state index is -3.66. The van der Waals surface area contributed by atoms with Crippen molar-refractivity contribution in [2.45, 2.75) is 50.6 Å². The summed E-state index contributed by atoms with van der Waals surface area (Å²) in [5.74, 6) is -0.382. The maximum absolute atomic E-state index is 13.4. The first-order chi connectivity index (χ1) is 16.8. The van der Waals surface area contributed by atoms with Crippen molar-refractivity contribution in [3.63, 3.8) is 0 Å². The van der Waals surface area contributed by atoms with Gasteiger partial charge in [-0.05, 0) is 42.8 Å². The molecular formula is C27H31N3O4S. The van der Waals surface area contributed by atoms with E-state index in [1.54, 1.807) is 30.1 Å². The van der Waals surface area contributed by atoms with Gasteiger partial charge in [-0.15, -0.1) is 0 Å². The average Bonchev–Trinajstić information content (AvgIpc) is 3.06. The minimum absolute atomic E-state index is 0.137. The number of nitrogens with zero attached hydrogens (tertiary/aromatic N) is 2. The molecule has 1 aliphatic rings. The molecule has 0 aliphatic carbocycles. The van der Waals surface area contributed by atoms with E-state index in [0.29, 0.717) is 30.0 Å². The summed E-state index contributed by atoms with van der Waals surface area (Å²) in [6.45, 7) is 4.38. The molecule has 1 N–H and O–H groups in total. The number of benzene rings is 3. The molecule has 4 rings (SSSR count). The summed E-state index contributed by atoms with van der Waals surface area (Å²) in [5, 5.41) is 4.27. The van der Waals surface area contributed by atoms with E-state index in [1.807, 2.05) is 56.3 Å². The fraction of sp³-hybridized carbons (Fsp3) is 0.333. The number of carbonyl (C=O) groups is 2. The molecule has 0 saturated heterocycles. The van der Waals surface area contributed by atoms with Crippen molar-refractivity contribution < 1.29 is 18.0 Å². The normalized spacial score (nSPS) is 14.7. The first-order valence-electron chi connectivity index (χ1n) is 11.9. The van der Waals surface area contributed by atoms with E-state index < -0.39 is 16.1 Å². The van der Waals surface area contributed by atoms with Gasteiger partial charge in [0, 0.05) is 31.9 Å². The summed E-state index contributed by atoms with van der Waals surface area (Å²) in [6, 6.07) is 18.1. The highest BCUT2D eigenvalue weighted by atomic mass is 32.2. The Morgan fingerprint density at radius 2 is 1.77 bits per heavy atom. The molecule has 1 aliphatic heterocycles. The first-order valence-corrected chi connectivity index (χ1v) is 13.3. The number of anilines is 1. The second-order valence-electron chi connectivity index (χ2n) is 8.86. The Bertz CT molecular complexity index is 1360. The monoisotopic (exact) mass is 493 g/mol. The largest absolute Gasteiger partial charge is 0.357 e. The van der Waals surface area contributed by atoms with E-state index in [-0.39, 0.29) is 24.8 Å². The summed E-state index contributed by atoms with van der Waals surface area (Å²) in [6.07, 6.45) is 0.962. The second-order valence-corrected chi connectivity index (χ2v) is 10.7. The average molecular weight is 494 g/mol. The summed E-state index contributed by atoms with van der Waals surface area (Å²) in [4.78, 5) is 27.9. The van der Waals surface area contributed by atoms with Crippen LogP contribution in [0.5, 0.6) is 0 Å². The molecule has 0 saturated carbocycles. The van der Waals surface area contributed by atoms with Crippen molar-refractivity contribution in [2.75, 3.05) is 17.9 Å². The van der Waals surface area contributed by atoms with Gasteiger partial charge in [0.05, 0.1) is 10.6 Å². The quantitative estimate of drug-likeness (QED) is 0.488. The van der Waals surface area contributed by atoms with Gasteiger partial charge in [-0.3, -0.25) is 13.9 Å². The van der Waals surface area contributed by atoms with Crippen molar-refractivity contribution in [1.29, 1.82) is 0 Å². The van der Waals surface area contributed by atoms with E-state index in [1.165, 1.54) is 4.31 Å². The standard InChI is InChI=1S/C27H31N3O4S/c1-4-22(27(32)28-3)29(18-20-10-5-9-19(2)17-20)25(31)15-8-16-30-23-13-6-11-21-12-7-14-24(26(21)23)35(30,33)34/h5-7,9-14,17,22H,4,8,15-16,18H2,1-3H3,(H,28,32)/t22-/m0/s1. The number of carbonyl (C=O) groups excluding carboxylic acids is 2. The molecule has 35 heavy (non-hydrogen) atoms. The van der Waals surface area contributed by atoms with Gasteiger partial charge in [-0.2, -0.15) is 0 Å². The van der Waals surface area contributed by atoms with Gasteiger partial charge >= 0.3 is 0 Å². The van der Waals surface area contributed by atoms with Crippen LogP contribution in [0.2, 0.25) is 0 Å². The second kappa shape index (κ2) is 10.1. The van der Waals surface area contributed by atoms with Crippen LogP contribution in [0, 0.1) is 6.92 Å². The fourth-order valence-corrected chi connectivity index (χ4v) is 6.56. The number of hydrogen-bond acceptors (Lipinski definition) is 4. The lowest BCUT2D eigenvalue weighted by Crippen LogP contribution is -2.48. The Balaban J connectivity index is 1.52. The van der Waals surface area contributed by atoms with Crippen molar-refractivity contribution >= 4 is 38.3 Å². The topological polar surface area (TPSA) is 86.8 Å². The number of sulfonamides is 1. The molecule has 0 unspecified atom stereocenters. The Morgan fingerprint density at radius 1 is 1.06 bits per heavy atom. The van der Waals surface area contributed by atoms with E-state index >= 15 is 0 Å². The smallest absolute Gasteiger partial charge is 0.265 e. The molecule has 0 radical (unpaired) electrons. The van der Waals surface area contributed by atoms with Crippen LogP contribution in [-0.2, 0) is 26.2 Å². The van der Waals surface area contributed by atoms with Crippen LogP contribution < -0.4 is 9.62 Å². The van der Waals surface area contributed by atoms with Crippen molar-refractivity contribution in [1.82, 2.24) is 10.2 Å². The SMILES string of the molecule is CC[C@@H](C(=O)NC)N(Cc1cccc(C)c1)C(=O)CCCN1c2cccc3cccc(c23)S1(=O)=O. The van der Waals surface area contributed by atoms with Crippen molar-refractivity contribution in [3.05, 3.63) is 71.8 Å². The summed E-state index contributed by atoms with van der Waals surface area (Å²) in [5.41, 5.74) is 2.68. The number of aryl methyl sites for hydroxylation is 1. The number of likely N-dealkylation sites (N-methyl/N-ethyl adjacent to an activating group) is 1. The molecule has 0 fully saturated rings. The number of amides is 2. The van der Waals surface area contributed by atoms with Gasteiger partial charge in [0.25, 0.3) is 10.0 Å². The van der Waals surface area contributed by atoms with Crippen LogP contribution in [0.4, 0.5) is 5.69 Å². The zero-order chi connectivity index (χ0) is 25.2. The predicted octanol–water partition coefficient (Wildman–Crippen LogP) is 3.99. The van der Waals surface area contributed by atoms with Crippen LogP contribution in [0.3, 0.4) is 0 Å². The van der Waals surface area contributed by atoms with Gasteiger partial charge < -0.3 is 10.2 Å². The lowest BCUT2D eigenvalue weighted by molar-refractivity contribution is -0.141. The van der Waals surface area contributed by atoms with E-state index in [9.17, 15) is 18.0 Å². The third-order valence-corrected chi connectivity index (χ3v) is 8.36. The van der Waals surface area contributed by atoms with Gasteiger partial charge in [0.2, 0.25) is 11.8 Å². The van der Waals surface area contributed by atoms with Gasteiger partial charge in [0.15, 0.2) is 0 Å². The third kappa shape index (κ3) is 4.75. The minimum Gasteiger partial charge on any atom is -0.357 e. The molecular weight excluding hydrogens is 462 g/mol. The maximum Gasteiger partial charge on any atom is 0.265 e. The number of rotatable bonds is 9. The van der Waals surface area contributed by atoms with E-state index in [0.717, 1.165) is 21.9 Å². The van der Waals surface area contributed by atoms with E-state index in [4.69, 9.17) is 0 Å². The Hall–Kier alpha value is -3.39. The number of nitrogens with one attached hydrogen (secondary N) is 1. The van der Waals surface area contributed by atoms with Crippen LogP contribution in [0.1, 0.15) is 37.3 Å². The molecule has 2 amide bonds. The zero-order valence-electron chi connectivity index (χ0n) is 20.3. The third-order valence-electron chi connectivity index (χ3n) is 6.50. The highest BCUT2D eigenvalue weighted by Crippen LogP contribution is 2.42. The Labute approximate surface area is 206 Å². The highest BCUT2D eigenvalue weighted by Gasteiger charge is 2.35. The summed E-state index contributed by atoms with van der Waals surface area (Å²) in [7, 11) is -2.10. The van der Waals surface area contributed by atoms with Gasteiger partial charge in [0.1, 0.15) is 6.04 Å². The first kappa shape index (κ1) is 24.7. The molecule has 3 aromatic rings. The molecule has 1 atom stereocenters. The summed E-state index contributed by atoms with van der Waals surface area (Å²) >= 11 is 0. The molecule has 0 aromatic heterocycles. The van der Waals surface area contributed by atoms with Crippen LogP contribution in [-0.4, -0.2) is 44.8 Å². The van der Waals surface area contributed by atoms with E-state index in [2.05, 4.69) is 5.32 Å². The zero-order valence-corrected chi connectivity index (χ0v) is 21.1. The van der Waals surface area contributed by atoms with Crippen LogP contribution in [0.15, 0.2) is 65.6 Å². The molecule has 184 valence electrons. The van der Waals surface area contributed by atoms with Gasteiger partial charge in [-0.25, -0.2) is 8.42 Å². The van der Waals surface area contributed by atoms with Crippen LogP contribution in [0.25, 0.3) is 10.8 Å². The Morgan fingerprint density at radius 3 is 2.46 bits per heavy atom. The molecule has 1 heterocycles. The van der Waals surface area contributed by atoms with Crippen molar-refractivity contribution in [3.8, 4) is 0 Å². The Kier molecular flexibility index (Phi) is 7.12. The molecule has 3 aromatic carbocycles. The predicted molar refractivity (Wildman–Crippen MR) is 138 cm³/mol.